The number of amides is 1. The Morgan fingerprint density at radius 3 is 2.43 bits per heavy atom. The van der Waals surface area contributed by atoms with Crippen molar-refractivity contribution in [3.05, 3.63) is 23.8 Å². The lowest BCUT2D eigenvalue weighted by Crippen LogP contribution is -2.37. The van der Waals surface area contributed by atoms with Crippen molar-refractivity contribution in [2.45, 2.75) is 46.1 Å². The minimum Gasteiger partial charge on any atom is -0.493 e. The summed E-state index contributed by atoms with van der Waals surface area (Å²) in [5, 5.41) is 0. The van der Waals surface area contributed by atoms with Gasteiger partial charge in [0.2, 0.25) is 5.91 Å². The molecule has 8 heteroatoms. The van der Waals surface area contributed by atoms with E-state index < -0.39 is 10.1 Å². The smallest absolute Gasteiger partial charge is 0.306 e. The Balaban J connectivity index is 3.07. The summed E-state index contributed by atoms with van der Waals surface area (Å²) in [5.41, 5.74) is 0.759. The number of hydrogen-bond donors (Lipinski definition) is 0. The van der Waals surface area contributed by atoms with Crippen LogP contribution in [0, 0.1) is 5.92 Å². The molecule has 28 heavy (non-hydrogen) atoms. The van der Waals surface area contributed by atoms with Gasteiger partial charge in [-0.15, -0.1) is 0 Å². The molecule has 0 radical (unpaired) electrons. The van der Waals surface area contributed by atoms with Crippen LogP contribution in [0.1, 0.15) is 45.1 Å². The Kier molecular flexibility index (Phi) is 10.3. The maximum Gasteiger partial charge on any atom is 0.306 e. The van der Waals surface area contributed by atoms with E-state index in [0.29, 0.717) is 25.4 Å². The second kappa shape index (κ2) is 11.9. The van der Waals surface area contributed by atoms with Gasteiger partial charge in [0.25, 0.3) is 0 Å². The molecule has 0 aliphatic heterocycles. The second-order valence-corrected chi connectivity index (χ2v) is 8.35. The molecule has 0 N–H and O–H groups in total. The van der Waals surface area contributed by atoms with Gasteiger partial charge in [-0.05, 0) is 30.5 Å². The van der Waals surface area contributed by atoms with E-state index in [9.17, 15) is 13.2 Å². The number of carbonyl (C=O) groups is 1. The molecule has 1 aromatic rings. The van der Waals surface area contributed by atoms with Gasteiger partial charge in [-0.25, -0.2) is 0 Å². The molecule has 0 aromatic heterocycles. The fourth-order valence-electron chi connectivity index (χ4n) is 2.95. The maximum atomic E-state index is 13.0. The molecule has 1 unspecified atom stereocenters. The van der Waals surface area contributed by atoms with Gasteiger partial charge in [0.05, 0.1) is 20.0 Å². The van der Waals surface area contributed by atoms with E-state index in [1.54, 1.807) is 30.2 Å². The van der Waals surface area contributed by atoms with Crippen LogP contribution in [0.4, 0.5) is 0 Å². The zero-order chi connectivity index (χ0) is 21.2. The molecule has 1 aromatic carbocycles. The van der Waals surface area contributed by atoms with Crippen LogP contribution in [0.2, 0.25) is 0 Å². The molecule has 1 rings (SSSR count). The quantitative estimate of drug-likeness (QED) is 0.460. The number of unbranched alkanes of at least 4 members (excludes halogenated alkanes) is 1. The molecule has 160 valence electrons. The lowest BCUT2D eigenvalue weighted by atomic mass is 9.97. The highest BCUT2D eigenvalue weighted by Crippen LogP contribution is 2.30. The molecule has 1 amide bonds. The van der Waals surface area contributed by atoms with E-state index in [0.717, 1.165) is 37.5 Å². The van der Waals surface area contributed by atoms with Gasteiger partial charge in [0.1, 0.15) is 0 Å². The number of nitrogens with zero attached hydrogens (tertiary/aromatic N) is 1. The number of rotatable bonds is 13. The van der Waals surface area contributed by atoms with Crippen molar-refractivity contribution in [3.63, 3.8) is 0 Å². The lowest BCUT2D eigenvalue weighted by molar-refractivity contribution is -0.137. The van der Waals surface area contributed by atoms with Crippen LogP contribution in [0.25, 0.3) is 0 Å². The van der Waals surface area contributed by atoms with Gasteiger partial charge in [-0.3, -0.25) is 4.79 Å². The molecule has 0 aliphatic carbocycles. The standard InChI is InChI=1S/C20H33NO6S/c1-6-8-9-17(7-2)20(22)21(12-13-25-3)15-16-10-11-18(26-4)19(14-16)27-28(5,23)24/h10-11,14,17H,6-9,12-13,15H2,1-5H3. The summed E-state index contributed by atoms with van der Waals surface area (Å²) in [6, 6.07) is 5.04. The third-order valence-electron chi connectivity index (χ3n) is 4.47. The van der Waals surface area contributed by atoms with Gasteiger partial charge < -0.3 is 18.6 Å². The number of hydrogen-bond acceptors (Lipinski definition) is 6. The van der Waals surface area contributed by atoms with Gasteiger partial charge in [0, 0.05) is 26.1 Å². The van der Waals surface area contributed by atoms with Crippen LogP contribution < -0.4 is 8.92 Å². The Hall–Kier alpha value is -1.80. The van der Waals surface area contributed by atoms with E-state index in [-0.39, 0.29) is 17.6 Å². The first-order valence-electron chi connectivity index (χ1n) is 9.59. The maximum absolute atomic E-state index is 13.0. The largest absolute Gasteiger partial charge is 0.493 e. The molecule has 0 spiro atoms. The second-order valence-electron chi connectivity index (χ2n) is 6.77. The molecular weight excluding hydrogens is 382 g/mol. The number of methoxy groups -OCH3 is 2. The van der Waals surface area contributed by atoms with Crippen LogP contribution >= 0.6 is 0 Å². The van der Waals surface area contributed by atoms with Gasteiger partial charge in [-0.1, -0.05) is 32.8 Å². The van der Waals surface area contributed by atoms with Crippen molar-refractivity contribution < 1.29 is 26.9 Å². The van der Waals surface area contributed by atoms with Gasteiger partial charge in [-0.2, -0.15) is 8.42 Å². The van der Waals surface area contributed by atoms with Gasteiger partial charge in [0.15, 0.2) is 11.5 Å². The van der Waals surface area contributed by atoms with Crippen molar-refractivity contribution in [3.8, 4) is 11.5 Å². The fraction of sp³-hybridized carbons (Fsp3) is 0.650. The summed E-state index contributed by atoms with van der Waals surface area (Å²) < 4.78 is 38.4. The zero-order valence-corrected chi connectivity index (χ0v) is 18.4. The Bertz CT molecular complexity index is 719. The molecule has 0 bridgehead atoms. The van der Waals surface area contributed by atoms with Crippen LogP contribution in [-0.2, 0) is 26.2 Å². The van der Waals surface area contributed by atoms with E-state index in [4.69, 9.17) is 13.7 Å². The predicted octanol–water partition coefficient (Wildman–Crippen LogP) is 3.23. The molecule has 0 heterocycles. The van der Waals surface area contributed by atoms with Crippen molar-refractivity contribution in [1.29, 1.82) is 0 Å². The van der Waals surface area contributed by atoms with Crippen LogP contribution in [0.15, 0.2) is 18.2 Å². The molecule has 0 saturated heterocycles. The molecule has 1 atom stereocenters. The first-order chi connectivity index (χ1) is 13.3. The predicted molar refractivity (Wildman–Crippen MR) is 109 cm³/mol. The van der Waals surface area contributed by atoms with Crippen LogP contribution in [-0.4, -0.2) is 52.9 Å². The number of benzene rings is 1. The average Bonchev–Trinajstić information content (AvgIpc) is 2.64. The Morgan fingerprint density at radius 1 is 1.18 bits per heavy atom. The normalized spacial score (nSPS) is 12.5. The summed E-state index contributed by atoms with van der Waals surface area (Å²) >= 11 is 0. The zero-order valence-electron chi connectivity index (χ0n) is 17.6. The molecule has 0 saturated carbocycles. The molecule has 0 aliphatic rings. The van der Waals surface area contributed by atoms with E-state index in [1.807, 2.05) is 6.92 Å². The number of ether oxygens (including phenoxy) is 2. The minimum absolute atomic E-state index is 0.0261. The van der Waals surface area contributed by atoms with E-state index in [1.165, 1.54) is 7.11 Å². The summed E-state index contributed by atoms with van der Waals surface area (Å²) in [5.74, 6) is 0.495. The van der Waals surface area contributed by atoms with Gasteiger partial charge >= 0.3 is 10.1 Å². The van der Waals surface area contributed by atoms with Crippen LogP contribution in [0.3, 0.4) is 0 Å². The third-order valence-corrected chi connectivity index (χ3v) is 4.95. The Morgan fingerprint density at radius 2 is 1.89 bits per heavy atom. The highest BCUT2D eigenvalue weighted by atomic mass is 32.2. The fourth-order valence-corrected chi connectivity index (χ4v) is 3.40. The summed E-state index contributed by atoms with van der Waals surface area (Å²) in [6.45, 7) is 5.37. The topological polar surface area (TPSA) is 82.1 Å². The summed E-state index contributed by atoms with van der Waals surface area (Å²) in [6.07, 6.45) is 4.69. The van der Waals surface area contributed by atoms with Crippen LogP contribution in [0.5, 0.6) is 11.5 Å². The third kappa shape index (κ3) is 8.06. The first-order valence-corrected chi connectivity index (χ1v) is 11.4. The first kappa shape index (κ1) is 24.2. The molecular formula is C20H33NO6S. The highest BCUT2D eigenvalue weighted by Gasteiger charge is 2.23. The highest BCUT2D eigenvalue weighted by molar-refractivity contribution is 7.86. The SMILES string of the molecule is CCCCC(CC)C(=O)N(CCOC)Cc1ccc(OC)c(OS(C)(=O)=O)c1. The monoisotopic (exact) mass is 415 g/mol. The van der Waals surface area contributed by atoms with Crippen molar-refractivity contribution in [2.75, 3.05) is 33.6 Å². The summed E-state index contributed by atoms with van der Waals surface area (Å²) in [7, 11) is -0.651. The number of carbonyl (C=O) groups excluding carboxylic acids is 1. The average molecular weight is 416 g/mol. The van der Waals surface area contributed by atoms with Crippen molar-refractivity contribution >= 4 is 16.0 Å². The minimum atomic E-state index is -3.69. The van der Waals surface area contributed by atoms with Crippen molar-refractivity contribution in [1.82, 2.24) is 4.90 Å². The molecule has 0 fully saturated rings. The Labute approximate surface area is 169 Å². The summed E-state index contributed by atoms with van der Waals surface area (Å²) in [4.78, 5) is 14.8. The lowest BCUT2D eigenvalue weighted by Gasteiger charge is -2.27. The van der Waals surface area contributed by atoms with E-state index in [2.05, 4.69) is 6.92 Å². The van der Waals surface area contributed by atoms with Crippen molar-refractivity contribution in [2.24, 2.45) is 5.92 Å². The van der Waals surface area contributed by atoms with E-state index >= 15 is 0 Å². The molecule has 7 nitrogen and oxygen atoms in total.